The first-order valence-corrected chi connectivity index (χ1v) is 6.36. The number of nitrogens with zero attached hydrogens (tertiary/aromatic N) is 4. The van der Waals surface area contributed by atoms with Crippen LogP contribution in [0, 0.1) is 0 Å². The molecule has 9 heteroatoms. The summed E-state index contributed by atoms with van der Waals surface area (Å²) in [4.78, 5) is 36.0. The van der Waals surface area contributed by atoms with Gasteiger partial charge in [0.25, 0.3) is 5.91 Å². The molecule has 1 saturated heterocycles. The van der Waals surface area contributed by atoms with Crippen LogP contribution in [0.3, 0.4) is 0 Å². The van der Waals surface area contributed by atoms with Gasteiger partial charge in [0.2, 0.25) is 11.8 Å². The molecule has 1 fully saturated rings. The molecular formula is C11H16N6O3. The molecule has 1 aliphatic heterocycles. The Morgan fingerprint density at radius 3 is 2.50 bits per heavy atom. The van der Waals surface area contributed by atoms with Crippen LogP contribution >= 0.6 is 0 Å². The lowest BCUT2D eigenvalue weighted by Crippen LogP contribution is -2.37. The Morgan fingerprint density at radius 1 is 1.25 bits per heavy atom. The second-order valence-electron chi connectivity index (χ2n) is 4.49. The number of imide groups is 1. The summed E-state index contributed by atoms with van der Waals surface area (Å²) < 4.78 is 1.40. The maximum absolute atomic E-state index is 11.8. The summed E-state index contributed by atoms with van der Waals surface area (Å²) in [5, 5.41) is 7.38. The van der Waals surface area contributed by atoms with Crippen molar-refractivity contribution in [3.63, 3.8) is 0 Å². The second-order valence-corrected chi connectivity index (χ2v) is 4.49. The van der Waals surface area contributed by atoms with Crippen LogP contribution in [-0.4, -0.2) is 44.2 Å². The highest BCUT2D eigenvalue weighted by Crippen LogP contribution is 2.12. The smallest absolute Gasteiger partial charge is 0.287 e. The van der Waals surface area contributed by atoms with Crippen molar-refractivity contribution in [2.75, 3.05) is 6.54 Å². The third kappa shape index (κ3) is 3.18. The third-order valence-electron chi connectivity index (χ3n) is 3.09. The number of carbonyl (C=O) groups excluding carboxylic acids is 3. The molecule has 0 aromatic carbocycles. The Morgan fingerprint density at radius 2 is 1.90 bits per heavy atom. The SMILES string of the molecule is NNC(=O)c1cn(CCN2C(=O)CCCCC2=O)nn1. The predicted molar refractivity (Wildman–Crippen MR) is 66.9 cm³/mol. The predicted octanol–water partition coefficient (Wildman–Crippen LogP) is -1.19. The zero-order valence-electron chi connectivity index (χ0n) is 10.9. The number of hydrogen-bond acceptors (Lipinski definition) is 6. The Labute approximate surface area is 115 Å². The first-order chi connectivity index (χ1) is 9.61. The Balaban J connectivity index is 1.96. The van der Waals surface area contributed by atoms with Crippen LogP contribution in [0.1, 0.15) is 36.2 Å². The Bertz CT molecular complexity index is 508. The minimum atomic E-state index is -0.543. The first kappa shape index (κ1) is 14.1. The average Bonchev–Trinajstić information content (AvgIpc) is 2.85. The van der Waals surface area contributed by atoms with Crippen LogP contribution in [0.5, 0.6) is 0 Å². The highest BCUT2D eigenvalue weighted by molar-refractivity contribution is 5.96. The van der Waals surface area contributed by atoms with Gasteiger partial charge in [-0.15, -0.1) is 5.10 Å². The number of aromatic nitrogens is 3. The molecule has 1 aromatic rings. The molecule has 0 unspecified atom stereocenters. The van der Waals surface area contributed by atoms with Crippen molar-refractivity contribution >= 4 is 17.7 Å². The summed E-state index contributed by atoms with van der Waals surface area (Å²) >= 11 is 0. The molecule has 0 aliphatic carbocycles. The number of nitrogens with one attached hydrogen (secondary N) is 1. The van der Waals surface area contributed by atoms with Crippen molar-refractivity contribution < 1.29 is 14.4 Å². The zero-order valence-corrected chi connectivity index (χ0v) is 10.9. The Hall–Kier alpha value is -2.29. The summed E-state index contributed by atoms with van der Waals surface area (Å²) in [5.74, 6) is 4.12. The van der Waals surface area contributed by atoms with E-state index in [1.165, 1.54) is 15.8 Å². The molecule has 3 N–H and O–H groups in total. The van der Waals surface area contributed by atoms with Crippen LogP contribution in [0.25, 0.3) is 0 Å². The van der Waals surface area contributed by atoms with Gasteiger partial charge in [0.15, 0.2) is 5.69 Å². The third-order valence-corrected chi connectivity index (χ3v) is 3.09. The van der Waals surface area contributed by atoms with Gasteiger partial charge in [-0.1, -0.05) is 5.21 Å². The van der Waals surface area contributed by atoms with Gasteiger partial charge in [0.05, 0.1) is 12.7 Å². The molecule has 20 heavy (non-hydrogen) atoms. The lowest BCUT2D eigenvalue weighted by molar-refractivity contribution is -0.143. The quantitative estimate of drug-likeness (QED) is 0.309. The normalized spacial score (nSPS) is 16.1. The molecule has 0 bridgehead atoms. The van der Waals surface area contributed by atoms with E-state index in [-0.39, 0.29) is 24.1 Å². The number of carbonyl (C=O) groups is 3. The molecule has 9 nitrogen and oxygen atoms in total. The van der Waals surface area contributed by atoms with Gasteiger partial charge in [-0.2, -0.15) is 0 Å². The second kappa shape index (κ2) is 6.24. The van der Waals surface area contributed by atoms with Crippen LogP contribution < -0.4 is 11.3 Å². The van der Waals surface area contributed by atoms with E-state index in [4.69, 9.17) is 5.84 Å². The number of rotatable bonds is 4. The van der Waals surface area contributed by atoms with Crippen molar-refractivity contribution in [2.45, 2.75) is 32.2 Å². The minimum absolute atomic E-state index is 0.0843. The summed E-state index contributed by atoms with van der Waals surface area (Å²) in [6, 6.07) is 0. The van der Waals surface area contributed by atoms with Crippen molar-refractivity contribution in [3.05, 3.63) is 11.9 Å². The highest BCUT2D eigenvalue weighted by Gasteiger charge is 2.23. The summed E-state index contributed by atoms with van der Waals surface area (Å²) in [7, 11) is 0. The minimum Gasteiger partial charge on any atom is -0.289 e. The highest BCUT2D eigenvalue weighted by atomic mass is 16.2. The fourth-order valence-electron chi connectivity index (χ4n) is 2.00. The van der Waals surface area contributed by atoms with Crippen LogP contribution in [0.15, 0.2) is 6.20 Å². The fraction of sp³-hybridized carbons (Fsp3) is 0.545. The maximum atomic E-state index is 11.8. The lowest BCUT2D eigenvalue weighted by Gasteiger charge is -2.18. The number of hydrogen-bond donors (Lipinski definition) is 2. The molecule has 0 spiro atoms. The Kier molecular flexibility index (Phi) is 4.41. The molecule has 108 valence electrons. The topological polar surface area (TPSA) is 123 Å². The summed E-state index contributed by atoms with van der Waals surface area (Å²) in [6.07, 6.45) is 3.68. The van der Waals surface area contributed by atoms with Gasteiger partial charge < -0.3 is 0 Å². The first-order valence-electron chi connectivity index (χ1n) is 6.36. The van der Waals surface area contributed by atoms with Gasteiger partial charge in [-0.25, -0.2) is 10.5 Å². The molecule has 2 heterocycles. The maximum Gasteiger partial charge on any atom is 0.287 e. The van der Waals surface area contributed by atoms with Crippen molar-refractivity contribution in [1.82, 2.24) is 25.3 Å². The van der Waals surface area contributed by atoms with Crippen LogP contribution in [0.4, 0.5) is 0 Å². The van der Waals surface area contributed by atoms with E-state index in [1.54, 1.807) is 0 Å². The molecule has 3 amide bonds. The number of likely N-dealkylation sites (tertiary alicyclic amines) is 1. The van der Waals surface area contributed by atoms with Gasteiger partial charge in [-0.05, 0) is 12.8 Å². The van der Waals surface area contributed by atoms with Gasteiger partial charge in [0.1, 0.15) is 0 Å². The van der Waals surface area contributed by atoms with E-state index in [9.17, 15) is 14.4 Å². The number of hydrazine groups is 1. The molecule has 0 radical (unpaired) electrons. The zero-order chi connectivity index (χ0) is 14.5. The van der Waals surface area contributed by atoms with E-state index in [0.717, 1.165) is 12.8 Å². The van der Waals surface area contributed by atoms with Crippen molar-refractivity contribution in [2.24, 2.45) is 5.84 Å². The summed E-state index contributed by atoms with van der Waals surface area (Å²) in [6.45, 7) is 0.521. The monoisotopic (exact) mass is 280 g/mol. The van der Waals surface area contributed by atoms with Crippen LogP contribution in [0.2, 0.25) is 0 Å². The molecule has 0 atom stereocenters. The van der Waals surface area contributed by atoms with E-state index in [1.807, 2.05) is 5.43 Å². The lowest BCUT2D eigenvalue weighted by atomic mass is 10.2. The van der Waals surface area contributed by atoms with E-state index >= 15 is 0 Å². The van der Waals surface area contributed by atoms with E-state index in [2.05, 4.69) is 10.3 Å². The molecular weight excluding hydrogens is 264 g/mol. The number of nitrogens with two attached hydrogens (primary N) is 1. The fourth-order valence-corrected chi connectivity index (χ4v) is 2.00. The number of nitrogen functional groups attached to an aromatic ring is 1. The largest absolute Gasteiger partial charge is 0.289 e. The van der Waals surface area contributed by atoms with E-state index < -0.39 is 5.91 Å². The van der Waals surface area contributed by atoms with Crippen molar-refractivity contribution in [3.8, 4) is 0 Å². The van der Waals surface area contributed by atoms with Gasteiger partial charge in [0, 0.05) is 19.4 Å². The molecule has 1 aliphatic rings. The van der Waals surface area contributed by atoms with Gasteiger partial charge >= 0.3 is 0 Å². The molecule has 2 rings (SSSR count). The molecule has 0 saturated carbocycles. The average molecular weight is 280 g/mol. The van der Waals surface area contributed by atoms with Crippen LogP contribution in [-0.2, 0) is 16.1 Å². The standard InChI is InChI=1S/C11H16N6O3/c12-13-11(20)8-7-16(15-14-8)5-6-17-9(18)3-1-2-4-10(17)19/h7H,1-6,12H2,(H,13,20). The van der Waals surface area contributed by atoms with Crippen molar-refractivity contribution in [1.29, 1.82) is 0 Å². The van der Waals surface area contributed by atoms with Gasteiger partial charge in [-0.3, -0.25) is 24.7 Å². The van der Waals surface area contributed by atoms with E-state index in [0.29, 0.717) is 19.4 Å². The summed E-state index contributed by atoms with van der Waals surface area (Å²) in [5.41, 5.74) is 2.03. The molecule has 1 aromatic heterocycles. The number of amides is 3.